The van der Waals surface area contributed by atoms with Gasteiger partial charge in [0.1, 0.15) is 5.75 Å². The van der Waals surface area contributed by atoms with E-state index in [0.29, 0.717) is 30.0 Å². The van der Waals surface area contributed by atoms with Crippen molar-refractivity contribution in [2.45, 2.75) is 32.8 Å². The number of Topliss-reactive ketones (excluding diaryl/α,β-unsaturated/α-hetero) is 1. The molecule has 1 atom stereocenters. The van der Waals surface area contributed by atoms with Crippen LogP contribution in [-0.4, -0.2) is 46.0 Å². The van der Waals surface area contributed by atoms with E-state index in [9.17, 15) is 9.59 Å². The number of ether oxygens (including phenoxy) is 1. The number of carbonyl (C=O) groups is 2. The Labute approximate surface area is 147 Å². The summed E-state index contributed by atoms with van der Waals surface area (Å²) >= 11 is 0. The molecule has 1 unspecified atom stereocenters. The van der Waals surface area contributed by atoms with Crippen molar-refractivity contribution >= 4 is 11.7 Å². The number of nitrogens with one attached hydrogen (secondary N) is 1. The fourth-order valence-electron chi connectivity index (χ4n) is 3.16. The van der Waals surface area contributed by atoms with E-state index in [1.165, 1.54) is 6.20 Å². The number of likely N-dealkylation sites (tertiary alicyclic amines) is 1. The molecule has 1 N–H and O–H groups in total. The number of amides is 1. The highest BCUT2D eigenvalue weighted by atomic mass is 16.5. The van der Waals surface area contributed by atoms with Crippen LogP contribution in [0.3, 0.4) is 0 Å². The molecule has 0 saturated carbocycles. The van der Waals surface area contributed by atoms with E-state index in [-0.39, 0.29) is 23.7 Å². The third-order valence-electron chi connectivity index (χ3n) is 4.31. The fourth-order valence-corrected chi connectivity index (χ4v) is 3.16. The molecule has 132 valence electrons. The summed E-state index contributed by atoms with van der Waals surface area (Å²) in [6.45, 7) is 5.02. The number of aromatic amines is 1. The molecule has 1 amide bonds. The standard InChI is InChI=1S/C19H23N3O3/c1-13(2)25-17-7-3-5-14(9-17)18(23)15-6-4-8-22(12-15)19(24)16-10-20-21-11-16/h3,5,7,9-11,13,15H,4,6,8,12H2,1-2H3,(H,20,21). The van der Waals surface area contributed by atoms with Crippen LogP contribution in [0, 0.1) is 5.92 Å². The van der Waals surface area contributed by atoms with E-state index in [0.717, 1.165) is 12.8 Å². The van der Waals surface area contributed by atoms with E-state index >= 15 is 0 Å². The van der Waals surface area contributed by atoms with E-state index in [2.05, 4.69) is 10.2 Å². The monoisotopic (exact) mass is 341 g/mol. The molecule has 1 aromatic heterocycles. The lowest BCUT2D eigenvalue weighted by Crippen LogP contribution is -2.42. The molecule has 3 rings (SSSR count). The first-order valence-electron chi connectivity index (χ1n) is 8.63. The number of hydrogen-bond acceptors (Lipinski definition) is 4. The summed E-state index contributed by atoms with van der Waals surface area (Å²) in [6.07, 6.45) is 4.77. The zero-order valence-corrected chi connectivity index (χ0v) is 14.6. The van der Waals surface area contributed by atoms with Crippen LogP contribution in [-0.2, 0) is 0 Å². The Morgan fingerprint density at radius 3 is 2.88 bits per heavy atom. The van der Waals surface area contributed by atoms with Crippen molar-refractivity contribution in [3.8, 4) is 5.75 Å². The number of benzene rings is 1. The summed E-state index contributed by atoms with van der Waals surface area (Å²) < 4.78 is 5.67. The number of carbonyl (C=O) groups excluding carboxylic acids is 2. The van der Waals surface area contributed by atoms with E-state index in [4.69, 9.17) is 4.74 Å². The molecule has 0 radical (unpaired) electrons. The third kappa shape index (κ3) is 4.07. The first kappa shape index (κ1) is 17.2. The lowest BCUT2D eigenvalue weighted by Gasteiger charge is -2.31. The lowest BCUT2D eigenvalue weighted by atomic mass is 9.89. The van der Waals surface area contributed by atoms with Crippen LogP contribution in [0.15, 0.2) is 36.7 Å². The van der Waals surface area contributed by atoms with Gasteiger partial charge in [0, 0.05) is 30.8 Å². The Balaban J connectivity index is 1.71. The number of hydrogen-bond donors (Lipinski definition) is 1. The highest BCUT2D eigenvalue weighted by Crippen LogP contribution is 2.24. The Morgan fingerprint density at radius 1 is 1.32 bits per heavy atom. The van der Waals surface area contributed by atoms with Crippen molar-refractivity contribution < 1.29 is 14.3 Å². The van der Waals surface area contributed by atoms with Crippen LogP contribution in [0.1, 0.15) is 47.4 Å². The lowest BCUT2D eigenvalue weighted by molar-refractivity contribution is 0.0636. The molecule has 0 spiro atoms. The minimum Gasteiger partial charge on any atom is -0.491 e. The van der Waals surface area contributed by atoms with Gasteiger partial charge in [-0.25, -0.2) is 0 Å². The van der Waals surface area contributed by atoms with Gasteiger partial charge in [-0.2, -0.15) is 5.10 Å². The van der Waals surface area contributed by atoms with Crippen LogP contribution in [0.2, 0.25) is 0 Å². The van der Waals surface area contributed by atoms with Gasteiger partial charge in [0.15, 0.2) is 5.78 Å². The summed E-state index contributed by atoms with van der Waals surface area (Å²) in [7, 11) is 0. The Hall–Kier alpha value is -2.63. The third-order valence-corrected chi connectivity index (χ3v) is 4.31. The molecule has 6 nitrogen and oxygen atoms in total. The highest BCUT2D eigenvalue weighted by molar-refractivity contribution is 5.99. The van der Waals surface area contributed by atoms with Crippen molar-refractivity contribution in [2.24, 2.45) is 5.92 Å². The molecular weight excluding hydrogens is 318 g/mol. The van der Waals surface area contributed by atoms with Crippen molar-refractivity contribution in [3.05, 3.63) is 47.8 Å². The van der Waals surface area contributed by atoms with Crippen molar-refractivity contribution in [1.82, 2.24) is 15.1 Å². The quantitative estimate of drug-likeness (QED) is 0.849. The topological polar surface area (TPSA) is 75.3 Å². The van der Waals surface area contributed by atoms with Crippen molar-refractivity contribution in [3.63, 3.8) is 0 Å². The zero-order valence-electron chi connectivity index (χ0n) is 14.6. The molecule has 1 aliphatic rings. The summed E-state index contributed by atoms with van der Waals surface area (Å²) in [6, 6.07) is 7.29. The maximum absolute atomic E-state index is 12.9. The van der Waals surface area contributed by atoms with Gasteiger partial charge in [-0.1, -0.05) is 12.1 Å². The molecular formula is C19H23N3O3. The summed E-state index contributed by atoms with van der Waals surface area (Å²) in [4.78, 5) is 27.1. The number of ketones is 1. The predicted molar refractivity (Wildman–Crippen MR) is 93.8 cm³/mol. The largest absolute Gasteiger partial charge is 0.491 e. The van der Waals surface area contributed by atoms with E-state index in [1.807, 2.05) is 32.0 Å². The Bertz CT molecular complexity index is 740. The molecule has 1 saturated heterocycles. The van der Waals surface area contributed by atoms with Gasteiger partial charge in [0.2, 0.25) is 0 Å². The number of piperidine rings is 1. The minimum atomic E-state index is -0.182. The number of nitrogens with zero attached hydrogens (tertiary/aromatic N) is 2. The van der Waals surface area contributed by atoms with Crippen LogP contribution in [0.4, 0.5) is 0 Å². The van der Waals surface area contributed by atoms with Gasteiger partial charge in [0.25, 0.3) is 5.91 Å². The highest BCUT2D eigenvalue weighted by Gasteiger charge is 2.29. The fraction of sp³-hybridized carbons (Fsp3) is 0.421. The average molecular weight is 341 g/mol. The Kier molecular flexibility index (Phi) is 5.16. The zero-order chi connectivity index (χ0) is 17.8. The molecule has 6 heteroatoms. The summed E-state index contributed by atoms with van der Waals surface area (Å²) in [5.41, 5.74) is 1.17. The second-order valence-corrected chi connectivity index (χ2v) is 6.64. The minimum absolute atomic E-state index is 0.0584. The number of rotatable bonds is 5. The SMILES string of the molecule is CC(C)Oc1cccc(C(=O)C2CCCN(C(=O)c3cn[nH]c3)C2)c1. The van der Waals surface area contributed by atoms with Gasteiger partial charge in [-0.3, -0.25) is 14.7 Å². The summed E-state index contributed by atoms with van der Waals surface area (Å²) in [5, 5.41) is 6.47. The molecule has 1 aliphatic heterocycles. The van der Waals surface area contributed by atoms with Crippen molar-refractivity contribution in [2.75, 3.05) is 13.1 Å². The second-order valence-electron chi connectivity index (χ2n) is 6.64. The molecule has 2 aromatic rings. The van der Waals surface area contributed by atoms with Gasteiger partial charge in [-0.15, -0.1) is 0 Å². The first-order chi connectivity index (χ1) is 12.0. The second kappa shape index (κ2) is 7.51. The molecule has 0 bridgehead atoms. The summed E-state index contributed by atoms with van der Waals surface area (Å²) in [5.74, 6) is 0.504. The molecule has 1 aromatic carbocycles. The number of aromatic nitrogens is 2. The number of H-pyrrole nitrogens is 1. The molecule has 2 heterocycles. The normalized spacial score (nSPS) is 17.6. The van der Waals surface area contributed by atoms with Gasteiger partial charge in [0.05, 0.1) is 17.9 Å². The smallest absolute Gasteiger partial charge is 0.257 e. The van der Waals surface area contributed by atoms with Crippen LogP contribution in [0.5, 0.6) is 5.75 Å². The van der Waals surface area contributed by atoms with Crippen LogP contribution in [0.25, 0.3) is 0 Å². The van der Waals surface area contributed by atoms with Gasteiger partial charge >= 0.3 is 0 Å². The van der Waals surface area contributed by atoms with Gasteiger partial charge in [-0.05, 0) is 38.8 Å². The maximum atomic E-state index is 12.9. The van der Waals surface area contributed by atoms with E-state index in [1.54, 1.807) is 17.2 Å². The van der Waals surface area contributed by atoms with E-state index < -0.39 is 0 Å². The van der Waals surface area contributed by atoms with Crippen LogP contribution >= 0.6 is 0 Å². The maximum Gasteiger partial charge on any atom is 0.257 e. The first-order valence-corrected chi connectivity index (χ1v) is 8.63. The molecule has 25 heavy (non-hydrogen) atoms. The molecule has 0 aliphatic carbocycles. The predicted octanol–water partition coefficient (Wildman–Crippen LogP) is 2.93. The van der Waals surface area contributed by atoms with Gasteiger partial charge < -0.3 is 9.64 Å². The molecule has 1 fully saturated rings. The van der Waals surface area contributed by atoms with Crippen LogP contribution < -0.4 is 4.74 Å². The Morgan fingerprint density at radius 2 is 2.16 bits per heavy atom. The average Bonchev–Trinajstić information content (AvgIpc) is 3.15. The van der Waals surface area contributed by atoms with Crippen molar-refractivity contribution in [1.29, 1.82) is 0 Å².